The van der Waals surface area contributed by atoms with Crippen molar-refractivity contribution in [2.45, 2.75) is 38.9 Å². The van der Waals surface area contributed by atoms with Crippen molar-refractivity contribution in [3.8, 4) is 0 Å². The molecule has 0 bridgehead atoms. The van der Waals surface area contributed by atoms with Crippen LogP contribution >= 0.6 is 11.6 Å². The van der Waals surface area contributed by atoms with Crippen molar-refractivity contribution in [3.05, 3.63) is 0 Å². The van der Waals surface area contributed by atoms with Gasteiger partial charge in [0.05, 0.1) is 0 Å². The summed E-state index contributed by atoms with van der Waals surface area (Å²) < 4.78 is 5.76. The lowest BCUT2D eigenvalue weighted by Crippen LogP contribution is -2.30. The molecule has 0 N–H and O–H groups in total. The third kappa shape index (κ3) is 6.85. The second-order valence-corrected chi connectivity index (χ2v) is 8.09. The van der Waals surface area contributed by atoms with Gasteiger partial charge in [-0.1, -0.05) is 6.92 Å². The van der Waals surface area contributed by atoms with Crippen LogP contribution in [0.3, 0.4) is 0 Å². The van der Waals surface area contributed by atoms with Crippen molar-refractivity contribution in [1.29, 1.82) is 0 Å². The molecule has 0 aliphatic carbocycles. The minimum atomic E-state index is -1.33. The zero-order valence-corrected chi connectivity index (χ0v) is 9.58. The lowest BCUT2D eigenvalue weighted by atomic mass is 10.5. The molecule has 0 aromatic heterocycles. The summed E-state index contributed by atoms with van der Waals surface area (Å²) in [6.45, 7) is 7.58. The molecule has 0 heterocycles. The van der Waals surface area contributed by atoms with Crippen molar-refractivity contribution in [3.63, 3.8) is 0 Å². The Morgan fingerprint density at radius 3 is 2.45 bits per heavy atom. The average Bonchev–Trinajstić information content (AvgIpc) is 1.97. The molecule has 0 saturated heterocycles. The molecule has 0 aliphatic heterocycles. The van der Waals surface area contributed by atoms with Crippen molar-refractivity contribution in [1.82, 2.24) is 0 Å². The fraction of sp³-hybridized carbons (Fsp3) is 1.00. The van der Waals surface area contributed by atoms with Crippen LogP contribution in [-0.4, -0.2) is 20.8 Å². The lowest BCUT2D eigenvalue weighted by Gasteiger charge is -2.21. The molecule has 3 heteroatoms. The first-order chi connectivity index (χ1) is 5.12. The number of hydrogen-bond donors (Lipinski definition) is 0. The molecule has 0 aromatic rings. The second-order valence-electron chi connectivity index (χ2n) is 3.40. The molecule has 0 radical (unpaired) electrons. The van der Waals surface area contributed by atoms with Crippen molar-refractivity contribution >= 4 is 19.9 Å². The van der Waals surface area contributed by atoms with Gasteiger partial charge in [0, 0.05) is 12.5 Å². The molecule has 0 rings (SSSR count). The van der Waals surface area contributed by atoms with Crippen LogP contribution in [0.25, 0.3) is 0 Å². The van der Waals surface area contributed by atoms with Gasteiger partial charge in [-0.3, -0.25) is 0 Å². The van der Waals surface area contributed by atoms with Gasteiger partial charge in [0.25, 0.3) is 0 Å². The summed E-state index contributed by atoms with van der Waals surface area (Å²) >= 11 is 5.61. The first kappa shape index (κ1) is 11.5. The molecule has 0 unspecified atom stereocenters. The summed E-state index contributed by atoms with van der Waals surface area (Å²) in [5.74, 6) is 0.770. The molecule has 0 saturated carbocycles. The molecule has 0 atom stereocenters. The molecule has 11 heavy (non-hydrogen) atoms. The van der Waals surface area contributed by atoms with Gasteiger partial charge in [0.1, 0.15) is 0 Å². The van der Waals surface area contributed by atoms with E-state index in [-0.39, 0.29) is 0 Å². The maximum atomic E-state index is 5.76. The predicted molar refractivity (Wildman–Crippen MR) is 53.9 cm³/mol. The summed E-state index contributed by atoms with van der Waals surface area (Å²) in [7, 11) is -1.33. The van der Waals surface area contributed by atoms with Gasteiger partial charge in [0.2, 0.25) is 0 Å². The van der Waals surface area contributed by atoms with E-state index in [0.29, 0.717) is 0 Å². The van der Waals surface area contributed by atoms with Gasteiger partial charge in [-0.05, 0) is 32.0 Å². The number of alkyl halides is 1. The predicted octanol–water partition coefficient (Wildman–Crippen LogP) is 3.25. The largest absolute Gasteiger partial charge is 0.417 e. The van der Waals surface area contributed by atoms with Crippen molar-refractivity contribution < 1.29 is 4.43 Å². The number of halogens is 1. The third-order valence-corrected chi connectivity index (χ3v) is 4.42. The van der Waals surface area contributed by atoms with Crippen LogP contribution in [0, 0.1) is 0 Å². The Morgan fingerprint density at radius 1 is 1.36 bits per heavy atom. The summed E-state index contributed by atoms with van der Waals surface area (Å²) in [6.07, 6.45) is 2.22. The van der Waals surface area contributed by atoms with E-state index >= 15 is 0 Å². The molecule has 0 aliphatic rings. The summed E-state index contributed by atoms with van der Waals surface area (Å²) in [6, 6.07) is 1.19. The van der Waals surface area contributed by atoms with Gasteiger partial charge >= 0.3 is 0 Å². The van der Waals surface area contributed by atoms with E-state index in [1.165, 1.54) is 6.04 Å². The van der Waals surface area contributed by atoms with E-state index in [0.717, 1.165) is 25.3 Å². The van der Waals surface area contributed by atoms with Gasteiger partial charge in [-0.15, -0.1) is 11.6 Å². The minimum Gasteiger partial charge on any atom is -0.417 e. The SMILES string of the molecule is CCCO[Si](C)(C)CCCCl. The Labute approximate surface area is 76.2 Å². The van der Waals surface area contributed by atoms with Gasteiger partial charge in [-0.25, -0.2) is 0 Å². The Bertz CT molecular complexity index is 86.1. The van der Waals surface area contributed by atoms with Gasteiger partial charge < -0.3 is 4.43 Å². The zero-order chi connectivity index (χ0) is 8.74. The Morgan fingerprint density at radius 2 is 2.00 bits per heavy atom. The van der Waals surface area contributed by atoms with E-state index in [4.69, 9.17) is 16.0 Å². The maximum Gasteiger partial charge on any atom is 0.186 e. The Kier molecular flexibility index (Phi) is 6.29. The molecule has 0 spiro atoms. The van der Waals surface area contributed by atoms with E-state index in [9.17, 15) is 0 Å². The third-order valence-electron chi connectivity index (χ3n) is 1.61. The van der Waals surface area contributed by atoms with E-state index in [2.05, 4.69) is 20.0 Å². The van der Waals surface area contributed by atoms with Crippen LogP contribution in [0.1, 0.15) is 19.8 Å². The van der Waals surface area contributed by atoms with E-state index < -0.39 is 8.32 Å². The van der Waals surface area contributed by atoms with Crippen LogP contribution in [0.15, 0.2) is 0 Å². The summed E-state index contributed by atoms with van der Waals surface area (Å²) in [5, 5.41) is 0. The minimum absolute atomic E-state index is 0.770. The number of hydrogen-bond acceptors (Lipinski definition) is 1. The van der Waals surface area contributed by atoms with Crippen LogP contribution < -0.4 is 0 Å². The highest BCUT2D eigenvalue weighted by molar-refractivity contribution is 6.71. The van der Waals surface area contributed by atoms with Crippen molar-refractivity contribution in [2.75, 3.05) is 12.5 Å². The monoisotopic (exact) mass is 194 g/mol. The topological polar surface area (TPSA) is 9.23 Å². The zero-order valence-electron chi connectivity index (χ0n) is 7.82. The molecule has 68 valence electrons. The second kappa shape index (κ2) is 6.04. The van der Waals surface area contributed by atoms with Gasteiger partial charge in [-0.2, -0.15) is 0 Å². The average molecular weight is 195 g/mol. The standard InChI is InChI=1S/C8H19ClOSi/c1-4-7-10-11(2,3)8-5-6-9/h4-8H2,1-3H3. The van der Waals surface area contributed by atoms with E-state index in [1.807, 2.05) is 0 Å². The van der Waals surface area contributed by atoms with Crippen molar-refractivity contribution in [2.24, 2.45) is 0 Å². The molecule has 1 nitrogen and oxygen atoms in total. The Balaban J connectivity index is 3.43. The molecule has 0 aromatic carbocycles. The molecule has 0 amide bonds. The fourth-order valence-corrected chi connectivity index (χ4v) is 3.23. The molecular weight excluding hydrogens is 176 g/mol. The molecule has 0 fully saturated rings. The van der Waals surface area contributed by atoms with Crippen LogP contribution in [0.2, 0.25) is 19.1 Å². The highest BCUT2D eigenvalue weighted by atomic mass is 35.5. The van der Waals surface area contributed by atoms with Gasteiger partial charge in [0.15, 0.2) is 8.32 Å². The quantitative estimate of drug-likeness (QED) is 0.466. The summed E-state index contributed by atoms with van der Waals surface area (Å²) in [5.41, 5.74) is 0. The lowest BCUT2D eigenvalue weighted by molar-refractivity contribution is 0.306. The first-order valence-electron chi connectivity index (χ1n) is 4.32. The Hall–Kier alpha value is 0.467. The van der Waals surface area contributed by atoms with E-state index in [1.54, 1.807) is 0 Å². The summed E-state index contributed by atoms with van der Waals surface area (Å²) in [4.78, 5) is 0. The normalized spacial score (nSPS) is 12.0. The molecular formula is C8H19ClOSi. The van der Waals surface area contributed by atoms with Crippen LogP contribution in [0.5, 0.6) is 0 Å². The fourth-order valence-electron chi connectivity index (χ4n) is 0.943. The first-order valence-corrected chi connectivity index (χ1v) is 7.97. The maximum absolute atomic E-state index is 5.76. The highest BCUT2D eigenvalue weighted by Crippen LogP contribution is 2.14. The highest BCUT2D eigenvalue weighted by Gasteiger charge is 2.20. The number of rotatable bonds is 6. The van der Waals surface area contributed by atoms with Crippen LogP contribution in [-0.2, 0) is 4.43 Å². The smallest absolute Gasteiger partial charge is 0.186 e. The van der Waals surface area contributed by atoms with Crippen LogP contribution in [0.4, 0.5) is 0 Å².